The minimum Gasteiger partial charge on any atom is -0.294 e. The zero-order chi connectivity index (χ0) is 13.9. The Hall–Kier alpha value is -1.71. The number of carbonyl (C=O) groups excluding carboxylic acids is 1. The number of benzene rings is 1. The van der Waals surface area contributed by atoms with Gasteiger partial charge in [0, 0.05) is 17.4 Å². The molecule has 1 aliphatic rings. The summed E-state index contributed by atoms with van der Waals surface area (Å²) in [5.74, 6) is -0.426. The second kappa shape index (κ2) is 5.51. The van der Waals surface area contributed by atoms with Crippen LogP contribution in [0.5, 0.6) is 0 Å². The maximum atomic E-state index is 12.5. The Kier molecular flexibility index (Phi) is 3.98. The standard InChI is InChI=1S/C16H18O3/c1-12(15(17)13-8-4-3-5-9-13)14-10-6-7-11-16(14,2)19-18/h3-12,14,18H,1-2H3. The molecule has 1 aromatic rings. The molecule has 0 spiro atoms. The van der Waals surface area contributed by atoms with Crippen LogP contribution in [0.15, 0.2) is 54.6 Å². The molecule has 3 nitrogen and oxygen atoms in total. The smallest absolute Gasteiger partial charge is 0.166 e. The first-order valence-electron chi connectivity index (χ1n) is 6.36. The normalized spacial score (nSPS) is 27.2. The van der Waals surface area contributed by atoms with Gasteiger partial charge in [-0.15, -0.1) is 0 Å². The highest BCUT2D eigenvalue weighted by Gasteiger charge is 2.39. The summed E-state index contributed by atoms with van der Waals surface area (Å²) in [5.41, 5.74) is -0.184. The molecule has 0 aliphatic heterocycles. The Morgan fingerprint density at radius 1 is 1.32 bits per heavy atom. The van der Waals surface area contributed by atoms with Crippen molar-refractivity contribution < 1.29 is 14.9 Å². The summed E-state index contributed by atoms with van der Waals surface area (Å²) in [6, 6.07) is 9.18. The average Bonchev–Trinajstić information content (AvgIpc) is 2.47. The van der Waals surface area contributed by atoms with Gasteiger partial charge in [0.05, 0.1) is 0 Å². The fraction of sp³-hybridized carbons (Fsp3) is 0.312. The molecule has 0 bridgehead atoms. The van der Waals surface area contributed by atoms with Crippen molar-refractivity contribution in [2.45, 2.75) is 19.4 Å². The molecule has 19 heavy (non-hydrogen) atoms. The third kappa shape index (κ3) is 2.67. The van der Waals surface area contributed by atoms with Crippen molar-refractivity contribution in [2.75, 3.05) is 0 Å². The Labute approximate surface area is 113 Å². The first-order chi connectivity index (χ1) is 9.08. The molecule has 1 N–H and O–H groups in total. The van der Waals surface area contributed by atoms with Gasteiger partial charge in [0.2, 0.25) is 0 Å². The minimum atomic E-state index is -0.862. The van der Waals surface area contributed by atoms with Gasteiger partial charge >= 0.3 is 0 Å². The fourth-order valence-electron chi connectivity index (χ4n) is 2.52. The second-order valence-corrected chi connectivity index (χ2v) is 5.06. The summed E-state index contributed by atoms with van der Waals surface area (Å²) in [7, 11) is 0. The van der Waals surface area contributed by atoms with E-state index in [1.165, 1.54) is 0 Å². The molecule has 0 radical (unpaired) electrons. The van der Waals surface area contributed by atoms with Crippen molar-refractivity contribution in [3.8, 4) is 0 Å². The van der Waals surface area contributed by atoms with Gasteiger partial charge in [-0.3, -0.25) is 10.1 Å². The molecular weight excluding hydrogens is 240 g/mol. The van der Waals surface area contributed by atoms with Gasteiger partial charge in [-0.25, -0.2) is 4.89 Å². The van der Waals surface area contributed by atoms with Crippen LogP contribution in [0.2, 0.25) is 0 Å². The molecule has 3 heteroatoms. The third-order valence-corrected chi connectivity index (χ3v) is 3.73. The van der Waals surface area contributed by atoms with Crippen LogP contribution >= 0.6 is 0 Å². The number of hydrogen-bond donors (Lipinski definition) is 1. The highest BCUT2D eigenvalue weighted by molar-refractivity contribution is 5.98. The maximum Gasteiger partial charge on any atom is 0.166 e. The monoisotopic (exact) mass is 258 g/mol. The molecule has 0 saturated heterocycles. The van der Waals surface area contributed by atoms with E-state index in [1.54, 1.807) is 25.1 Å². The summed E-state index contributed by atoms with van der Waals surface area (Å²) in [5, 5.41) is 9.13. The Bertz CT molecular complexity index is 504. The van der Waals surface area contributed by atoms with Crippen LogP contribution in [0.1, 0.15) is 24.2 Å². The van der Waals surface area contributed by atoms with Gasteiger partial charge < -0.3 is 0 Å². The minimum absolute atomic E-state index is 0.0498. The quantitative estimate of drug-likeness (QED) is 0.511. The lowest BCUT2D eigenvalue weighted by Gasteiger charge is -2.35. The molecule has 3 unspecified atom stereocenters. The van der Waals surface area contributed by atoms with E-state index in [0.717, 1.165) is 0 Å². The van der Waals surface area contributed by atoms with E-state index in [9.17, 15) is 4.79 Å². The summed E-state index contributed by atoms with van der Waals surface area (Å²) in [6.07, 6.45) is 7.36. The molecule has 1 aromatic carbocycles. The SMILES string of the molecule is CC(C(=O)c1ccccc1)C1C=CC=CC1(C)OO. The lowest BCUT2D eigenvalue weighted by atomic mass is 9.74. The largest absolute Gasteiger partial charge is 0.294 e. The lowest BCUT2D eigenvalue weighted by Crippen LogP contribution is -2.41. The highest BCUT2D eigenvalue weighted by Crippen LogP contribution is 2.34. The van der Waals surface area contributed by atoms with E-state index in [2.05, 4.69) is 4.89 Å². The summed E-state index contributed by atoms with van der Waals surface area (Å²) < 4.78 is 0. The van der Waals surface area contributed by atoms with Crippen molar-refractivity contribution in [1.29, 1.82) is 0 Å². The van der Waals surface area contributed by atoms with Gasteiger partial charge in [-0.2, -0.15) is 0 Å². The molecule has 3 atom stereocenters. The van der Waals surface area contributed by atoms with E-state index < -0.39 is 5.60 Å². The summed E-state index contributed by atoms with van der Waals surface area (Å²) >= 11 is 0. The molecule has 0 aromatic heterocycles. The molecule has 1 aliphatic carbocycles. The Morgan fingerprint density at radius 2 is 2.00 bits per heavy atom. The molecule has 0 saturated carbocycles. The predicted octanol–water partition coefficient (Wildman–Crippen LogP) is 3.50. The first-order valence-corrected chi connectivity index (χ1v) is 6.36. The lowest BCUT2D eigenvalue weighted by molar-refractivity contribution is -0.314. The Morgan fingerprint density at radius 3 is 2.63 bits per heavy atom. The van der Waals surface area contributed by atoms with E-state index in [1.807, 2.05) is 43.4 Å². The van der Waals surface area contributed by atoms with E-state index >= 15 is 0 Å². The topological polar surface area (TPSA) is 46.5 Å². The zero-order valence-corrected chi connectivity index (χ0v) is 11.1. The van der Waals surface area contributed by atoms with Gasteiger partial charge in [-0.05, 0) is 13.0 Å². The molecule has 2 rings (SSSR count). The van der Waals surface area contributed by atoms with Crippen LogP contribution < -0.4 is 0 Å². The van der Waals surface area contributed by atoms with Gasteiger partial charge in [0.15, 0.2) is 5.78 Å². The first kappa shape index (κ1) is 13.7. The van der Waals surface area contributed by atoms with Crippen LogP contribution in [-0.4, -0.2) is 16.6 Å². The highest BCUT2D eigenvalue weighted by atomic mass is 17.1. The van der Waals surface area contributed by atoms with E-state index in [-0.39, 0.29) is 17.6 Å². The van der Waals surface area contributed by atoms with Crippen molar-refractivity contribution >= 4 is 5.78 Å². The average molecular weight is 258 g/mol. The molecule has 100 valence electrons. The van der Waals surface area contributed by atoms with Gasteiger partial charge in [0.25, 0.3) is 0 Å². The van der Waals surface area contributed by atoms with Gasteiger partial charge in [0.1, 0.15) is 5.60 Å². The van der Waals surface area contributed by atoms with Crippen LogP contribution in [0, 0.1) is 11.8 Å². The maximum absolute atomic E-state index is 12.5. The van der Waals surface area contributed by atoms with Crippen molar-refractivity contribution in [1.82, 2.24) is 0 Å². The number of rotatable bonds is 4. The zero-order valence-electron chi connectivity index (χ0n) is 11.1. The van der Waals surface area contributed by atoms with Crippen LogP contribution in [0.4, 0.5) is 0 Å². The number of allylic oxidation sites excluding steroid dienone is 2. The van der Waals surface area contributed by atoms with E-state index in [4.69, 9.17) is 5.26 Å². The van der Waals surface area contributed by atoms with E-state index in [0.29, 0.717) is 5.56 Å². The van der Waals surface area contributed by atoms with Crippen LogP contribution in [-0.2, 0) is 4.89 Å². The van der Waals surface area contributed by atoms with Gasteiger partial charge in [-0.1, -0.05) is 55.5 Å². The Balaban J connectivity index is 2.24. The number of Topliss-reactive ketones (excluding diaryl/α,β-unsaturated/α-hetero) is 1. The number of ketones is 1. The van der Waals surface area contributed by atoms with Crippen LogP contribution in [0.3, 0.4) is 0 Å². The second-order valence-electron chi connectivity index (χ2n) is 5.06. The molecule has 0 fully saturated rings. The van der Waals surface area contributed by atoms with Crippen molar-refractivity contribution in [2.24, 2.45) is 11.8 Å². The fourth-order valence-corrected chi connectivity index (χ4v) is 2.52. The summed E-state index contributed by atoms with van der Waals surface area (Å²) in [6.45, 7) is 3.63. The van der Waals surface area contributed by atoms with Crippen molar-refractivity contribution in [3.63, 3.8) is 0 Å². The molecular formula is C16H18O3. The molecule has 0 heterocycles. The van der Waals surface area contributed by atoms with Crippen LogP contribution in [0.25, 0.3) is 0 Å². The molecule has 0 amide bonds. The number of hydrogen-bond acceptors (Lipinski definition) is 3. The van der Waals surface area contributed by atoms with Crippen molar-refractivity contribution in [3.05, 3.63) is 60.2 Å². The predicted molar refractivity (Wildman–Crippen MR) is 73.8 cm³/mol. The third-order valence-electron chi connectivity index (χ3n) is 3.73. The number of carbonyl (C=O) groups is 1. The summed E-state index contributed by atoms with van der Waals surface area (Å²) in [4.78, 5) is 17.1.